The second kappa shape index (κ2) is 9.56. The Labute approximate surface area is 193 Å². The number of carbonyl (C=O) groups is 1. The average molecular weight is 442 g/mol. The average Bonchev–Trinajstić information content (AvgIpc) is 3.27. The lowest BCUT2D eigenvalue weighted by molar-refractivity contribution is 0.0947. The van der Waals surface area contributed by atoms with Gasteiger partial charge in [0.15, 0.2) is 5.82 Å². The van der Waals surface area contributed by atoms with Crippen molar-refractivity contribution in [3.63, 3.8) is 0 Å². The molecule has 3 aromatic carbocycles. The number of rotatable bonds is 7. The summed E-state index contributed by atoms with van der Waals surface area (Å²) >= 11 is 0. The molecule has 1 aromatic heterocycles. The van der Waals surface area contributed by atoms with E-state index in [1.807, 2.05) is 45.3 Å². The molecule has 168 valence electrons. The highest BCUT2D eigenvalue weighted by atomic mass is 16.5. The SMILES string of the molecule is COc1ccc(C(=O)n2nc(-c3ccc(C)cc3)nc2NCc2ccc(N(C)C)cc2)cc1. The Morgan fingerprint density at radius 1 is 0.970 bits per heavy atom. The maximum Gasteiger partial charge on any atom is 0.281 e. The van der Waals surface area contributed by atoms with Crippen LogP contribution >= 0.6 is 0 Å². The minimum Gasteiger partial charge on any atom is -0.497 e. The van der Waals surface area contributed by atoms with E-state index in [4.69, 9.17) is 4.74 Å². The molecule has 0 amide bonds. The van der Waals surface area contributed by atoms with Crippen molar-refractivity contribution in [2.75, 3.05) is 31.4 Å². The summed E-state index contributed by atoms with van der Waals surface area (Å²) in [7, 11) is 5.61. The first-order chi connectivity index (χ1) is 15.9. The zero-order valence-corrected chi connectivity index (χ0v) is 19.2. The summed E-state index contributed by atoms with van der Waals surface area (Å²) in [5, 5.41) is 7.82. The quantitative estimate of drug-likeness (QED) is 0.451. The van der Waals surface area contributed by atoms with Gasteiger partial charge in [0.05, 0.1) is 7.11 Å². The molecule has 0 spiro atoms. The molecule has 7 heteroatoms. The van der Waals surface area contributed by atoms with E-state index < -0.39 is 0 Å². The van der Waals surface area contributed by atoms with E-state index in [9.17, 15) is 4.79 Å². The maximum atomic E-state index is 13.3. The predicted molar refractivity (Wildman–Crippen MR) is 131 cm³/mol. The molecule has 0 unspecified atom stereocenters. The fourth-order valence-corrected chi connectivity index (χ4v) is 3.34. The largest absolute Gasteiger partial charge is 0.497 e. The highest BCUT2D eigenvalue weighted by Crippen LogP contribution is 2.21. The number of nitrogens with one attached hydrogen (secondary N) is 1. The molecule has 0 aliphatic rings. The summed E-state index contributed by atoms with van der Waals surface area (Å²) in [6, 6.07) is 23.1. The van der Waals surface area contributed by atoms with E-state index >= 15 is 0 Å². The Hall–Kier alpha value is -4.13. The van der Waals surface area contributed by atoms with Gasteiger partial charge < -0.3 is 15.0 Å². The Morgan fingerprint density at radius 3 is 2.24 bits per heavy atom. The van der Waals surface area contributed by atoms with E-state index in [0.717, 1.165) is 22.4 Å². The number of methoxy groups -OCH3 is 1. The van der Waals surface area contributed by atoms with Gasteiger partial charge in [0.25, 0.3) is 5.91 Å². The molecular formula is C26H27N5O2. The number of hydrogen-bond donors (Lipinski definition) is 1. The fraction of sp³-hybridized carbons (Fsp3) is 0.192. The number of hydrogen-bond acceptors (Lipinski definition) is 6. The van der Waals surface area contributed by atoms with Crippen LogP contribution in [-0.4, -0.2) is 41.9 Å². The van der Waals surface area contributed by atoms with Gasteiger partial charge in [0.2, 0.25) is 5.95 Å². The first-order valence-corrected chi connectivity index (χ1v) is 10.7. The van der Waals surface area contributed by atoms with Crippen molar-refractivity contribution in [3.05, 3.63) is 89.5 Å². The van der Waals surface area contributed by atoms with Crippen LogP contribution in [0, 0.1) is 6.92 Å². The van der Waals surface area contributed by atoms with Crippen LogP contribution in [0.1, 0.15) is 21.5 Å². The van der Waals surface area contributed by atoms with Crippen molar-refractivity contribution < 1.29 is 9.53 Å². The van der Waals surface area contributed by atoms with E-state index in [1.165, 1.54) is 4.68 Å². The van der Waals surface area contributed by atoms with Crippen LogP contribution < -0.4 is 15.0 Å². The highest BCUT2D eigenvalue weighted by Gasteiger charge is 2.19. The van der Waals surface area contributed by atoms with Crippen molar-refractivity contribution in [1.29, 1.82) is 0 Å². The summed E-state index contributed by atoms with van der Waals surface area (Å²) in [5.74, 6) is 1.30. The summed E-state index contributed by atoms with van der Waals surface area (Å²) < 4.78 is 6.52. The standard InChI is InChI=1S/C26H27N5O2/c1-18-5-9-20(10-6-18)24-28-26(27-17-19-7-13-22(14-8-19)30(2)3)31(29-24)25(32)21-11-15-23(33-4)16-12-21/h5-16H,17H2,1-4H3,(H,27,28,29). The van der Waals surface area contributed by atoms with Gasteiger partial charge in [-0.2, -0.15) is 9.67 Å². The highest BCUT2D eigenvalue weighted by molar-refractivity contribution is 5.97. The number of anilines is 2. The lowest BCUT2D eigenvalue weighted by Crippen LogP contribution is -2.17. The number of aromatic nitrogens is 3. The van der Waals surface area contributed by atoms with E-state index in [2.05, 4.69) is 44.6 Å². The number of benzene rings is 3. The molecular weight excluding hydrogens is 414 g/mol. The van der Waals surface area contributed by atoms with Gasteiger partial charge in [0, 0.05) is 37.5 Å². The Balaban J connectivity index is 1.64. The molecule has 7 nitrogen and oxygen atoms in total. The van der Waals surface area contributed by atoms with Crippen LogP contribution in [0.4, 0.5) is 11.6 Å². The molecule has 1 N–H and O–H groups in total. The number of nitrogens with zero attached hydrogens (tertiary/aromatic N) is 4. The molecule has 0 aliphatic heterocycles. The molecule has 4 rings (SSSR count). The Kier molecular flexibility index (Phi) is 6.40. The van der Waals surface area contributed by atoms with Gasteiger partial charge in [-0.25, -0.2) is 0 Å². The first-order valence-electron chi connectivity index (χ1n) is 10.7. The molecule has 0 aliphatic carbocycles. The summed E-state index contributed by atoms with van der Waals surface area (Å²) in [6.07, 6.45) is 0. The smallest absolute Gasteiger partial charge is 0.281 e. The monoisotopic (exact) mass is 441 g/mol. The first kappa shape index (κ1) is 22.1. The zero-order valence-electron chi connectivity index (χ0n) is 19.2. The van der Waals surface area contributed by atoms with Crippen LogP contribution in [0.5, 0.6) is 5.75 Å². The van der Waals surface area contributed by atoms with Crippen LogP contribution in [0.25, 0.3) is 11.4 Å². The molecule has 33 heavy (non-hydrogen) atoms. The molecule has 0 fully saturated rings. The molecule has 0 saturated heterocycles. The van der Waals surface area contributed by atoms with Crippen molar-refractivity contribution in [3.8, 4) is 17.1 Å². The second-order valence-electron chi connectivity index (χ2n) is 7.98. The van der Waals surface area contributed by atoms with Gasteiger partial charge in [-0.1, -0.05) is 42.0 Å². The third kappa shape index (κ3) is 5.03. The van der Waals surface area contributed by atoms with Gasteiger partial charge in [-0.3, -0.25) is 4.79 Å². The number of carbonyl (C=O) groups excluding carboxylic acids is 1. The zero-order chi connectivity index (χ0) is 23.4. The lowest BCUT2D eigenvalue weighted by atomic mass is 10.1. The van der Waals surface area contributed by atoms with Crippen LogP contribution in [0.3, 0.4) is 0 Å². The Bertz CT molecular complexity index is 1230. The maximum absolute atomic E-state index is 13.3. The van der Waals surface area contributed by atoms with Crippen LogP contribution in [-0.2, 0) is 6.54 Å². The third-order valence-corrected chi connectivity index (χ3v) is 5.35. The van der Waals surface area contributed by atoms with Crippen molar-refractivity contribution in [1.82, 2.24) is 14.8 Å². The van der Waals surface area contributed by atoms with E-state index in [1.54, 1.807) is 31.4 Å². The van der Waals surface area contributed by atoms with Crippen molar-refractivity contribution in [2.45, 2.75) is 13.5 Å². The predicted octanol–water partition coefficient (Wildman–Crippen LogP) is 4.63. The topological polar surface area (TPSA) is 72.3 Å². The molecule has 0 saturated carbocycles. The molecule has 0 atom stereocenters. The number of ether oxygens (including phenoxy) is 1. The van der Waals surface area contributed by atoms with Gasteiger partial charge in [0.1, 0.15) is 5.75 Å². The van der Waals surface area contributed by atoms with Crippen molar-refractivity contribution >= 4 is 17.5 Å². The molecule has 0 bridgehead atoms. The summed E-state index contributed by atoms with van der Waals surface area (Å²) in [6.45, 7) is 2.53. The summed E-state index contributed by atoms with van der Waals surface area (Å²) in [4.78, 5) is 20.0. The minimum absolute atomic E-state index is 0.269. The minimum atomic E-state index is -0.269. The Morgan fingerprint density at radius 2 is 1.64 bits per heavy atom. The van der Waals surface area contributed by atoms with E-state index in [0.29, 0.717) is 29.6 Å². The third-order valence-electron chi connectivity index (χ3n) is 5.35. The lowest BCUT2D eigenvalue weighted by Gasteiger charge is -2.13. The van der Waals surface area contributed by atoms with E-state index in [-0.39, 0.29) is 5.91 Å². The van der Waals surface area contributed by atoms with Crippen LogP contribution in [0.2, 0.25) is 0 Å². The molecule has 0 radical (unpaired) electrons. The fourth-order valence-electron chi connectivity index (χ4n) is 3.34. The molecule has 4 aromatic rings. The van der Waals surface area contributed by atoms with Crippen molar-refractivity contribution in [2.24, 2.45) is 0 Å². The van der Waals surface area contributed by atoms with Gasteiger partial charge in [-0.05, 0) is 48.9 Å². The normalized spacial score (nSPS) is 10.7. The number of aryl methyl sites for hydroxylation is 1. The van der Waals surface area contributed by atoms with Gasteiger partial charge >= 0.3 is 0 Å². The second-order valence-corrected chi connectivity index (χ2v) is 7.98. The van der Waals surface area contributed by atoms with Crippen LogP contribution in [0.15, 0.2) is 72.8 Å². The molecule has 1 heterocycles. The summed E-state index contributed by atoms with van der Waals surface area (Å²) in [5.41, 5.74) is 4.68. The van der Waals surface area contributed by atoms with Gasteiger partial charge in [-0.15, -0.1) is 5.10 Å².